The lowest BCUT2D eigenvalue weighted by Gasteiger charge is -2.15. The Morgan fingerprint density at radius 3 is 2.52 bits per heavy atom. The Hall–Kier alpha value is -1.47. The molecule has 0 spiro atoms. The van der Waals surface area contributed by atoms with E-state index in [-0.39, 0.29) is 6.04 Å². The third-order valence-corrected chi connectivity index (χ3v) is 2.54. The molecule has 0 fully saturated rings. The van der Waals surface area contributed by atoms with Crippen molar-refractivity contribution >= 4 is 0 Å². The lowest BCUT2D eigenvalue weighted by Crippen LogP contribution is -2.22. The van der Waals surface area contributed by atoms with Crippen LogP contribution in [0.15, 0.2) is 18.2 Å². The highest BCUT2D eigenvalue weighted by Crippen LogP contribution is 2.25. The molecule has 0 saturated carbocycles. The Morgan fingerprint density at radius 2 is 1.95 bits per heavy atom. The minimum atomic E-state index is -4.36. The Kier molecular flexibility index (Phi) is 6.77. The highest BCUT2D eigenvalue weighted by Gasteiger charge is 2.27. The van der Waals surface area contributed by atoms with Crippen LogP contribution in [0.1, 0.15) is 19.4 Å². The molecule has 120 valence electrons. The van der Waals surface area contributed by atoms with Crippen LogP contribution < -0.4 is 14.8 Å². The largest absolute Gasteiger partial charge is 0.497 e. The van der Waals surface area contributed by atoms with E-state index in [0.29, 0.717) is 18.0 Å². The zero-order valence-electron chi connectivity index (χ0n) is 12.3. The van der Waals surface area contributed by atoms with Crippen molar-refractivity contribution < 1.29 is 27.4 Å². The maximum atomic E-state index is 12.0. The summed E-state index contributed by atoms with van der Waals surface area (Å²) < 4.78 is 50.7. The monoisotopic (exact) mass is 307 g/mol. The molecule has 0 radical (unpaired) electrons. The molecule has 1 aromatic carbocycles. The minimum Gasteiger partial charge on any atom is -0.497 e. The van der Waals surface area contributed by atoms with Gasteiger partial charge in [0.05, 0.1) is 7.11 Å². The molecule has 1 N–H and O–H groups in total. The molecule has 1 rings (SSSR count). The first-order chi connectivity index (χ1) is 9.81. The van der Waals surface area contributed by atoms with E-state index >= 15 is 0 Å². The molecule has 0 aliphatic heterocycles. The van der Waals surface area contributed by atoms with Crippen LogP contribution in [-0.4, -0.2) is 32.7 Å². The molecule has 21 heavy (non-hydrogen) atoms. The Labute approximate surface area is 122 Å². The van der Waals surface area contributed by atoms with Gasteiger partial charge in [0.25, 0.3) is 0 Å². The molecular weight excluding hydrogens is 287 g/mol. The molecule has 4 nitrogen and oxygen atoms in total. The van der Waals surface area contributed by atoms with Crippen LogP contribution in [0.3, 0.4) is 0 Å². The summed E-state index contributed by atoms with van der Waals surface area (Å²) in [5.74, 6) is 0.999. The number of hydrogen-bond donors (Lipinski definition) is 1. The lowest BCUT2D eigenvalue weighted by molar-refractivity contribution is -0.186. The first-order valence-electron chi connectivity index (χ1n) is 6.49. The van der Waals surface area contributed by atoms with E-state index in [9.17, 15) is 13.2 Å². The smallest absolute Gasteiger partial charge is 0.411 e. The summed E-state index contributed by atoms with van der Waals surface area (Å²) in [6, 6.07) is 5.46. The van der Waals surface area contributed by atoms with Gasteiger partial charge in [0.2, 0.25) is 0 Å². The van der Waals surface area contributed by atoms with Crippen molar-refractivity contribution in [2.45, 2.75) is 32.6 Å². The summed E-state index contributed by atoms with van der Waals surface area (Å²) in [4.78, 5) is 0. The minimum absolute atomic E-state index is 0.279. The third kappa shape index (κ3) is 7.19. The van der Waals surface area contributed by atoms with Crippen LogP contribution in [0, 0.1) is 0 Å². The highest BCUT2D eigenvalue weighted by atomic mass is 19.4. The molecule has 0 unspecified atom stereocenters. The summed E-state index contributed by atoms with van der Waals surface area (Å²) in [5, 5.41) is 3.21. The molecule has 0 amide bonds. The fraction of sp³-hybridized carbons (Fsp3) is 0.571. The van der Waals surface area contributed by atoms with Gasteiger partial charge in [0.15, 0.2) is 6.79 Å². The normalized spacial score (nSPS) is 11.8. The Morgan fingerprint density at radius 1 is 1.24 bits per heavy atom. The summed E-state index contributed by atoms with van der Waals surface area (Å²) in [6.07, 6.45) is -4.36. The molecule has 0 atom stereocenters. The number of methoxy groups -OCH3 is 1. The molecule has 0 heterocycles. The van der Waals surface area contributed by atoms with Gasteiger partial charge in [0.1, 0.15) is 18.1 Å². The molecule has 0 aliphatic rings. The molecule has 1 aromatic rings. The summed E-state index contributed by atoms with van der Waals surface area (Å²) in [6.45, 7) is 2.72. The maximum absolute atomic E-state index is 12.0. The van der Waals surface area contributed by atoms with Crippen LogP contribution in [0.25, 0.3) is 0 Å². The summed E-state index contributed by atoms with van der Waals surface area (Å²) >= 11 is 0. The van der Waals surface area contributed by atoms with Crippen LogP contribution >= 0.6 is 0 Å². The van der Waals surface area contributed by atoms with Gasteiger partial charge >= 0.3 is 6.18 Å². The molecule has 0 aliphatic carbocycles. The molecule has 0 saturated heterocycles. The standard InChI is InChI=1S/C14H20F3NO3/c1-10(2)18-7-11-4-5-12(19-3)6-13(11)21-9-20-8-14(15,16)17/h4-6,10,18H,7-9H2,1-3H3. The van der Waals surface area contributed by atoms with Crippen molar-refractivity contribution in [2.24, 2.45) is 0 Å². The zero-order chi connectivity index (χ0) is 15.9. The number of halogens is 3. The number of ether oxygens (including phenoxy) is 3. The van der Waals surface area contributed by atoms with Gasteiger partial charge in [-0.1, -0.05) is 19.9 Å². The van der Waals surface area contributed by atoms with E-state index in [4.69, 9.17) is 9.47 Å². The van der Waals surface area contributed by atoms with Gasteiger partial charge in [-0.2, -0.15) is 13.2 Å². The number of nitrogens with one attached hydrogen (secondary N) is 1. The van der Waals surface area contributed by atoms with E-state index in [1.165, 1.54) is 7.11 Å². The number of hydrogen-bond acceptors (Lipinski definition) is 4. The second kappa shape index (κ2) is 8.09. The van der Waals surface area contributed by atoms with Crippen molar-refractivity contribution in [2.75, 3.05) is 20.5 Å². The van der Waals surface area contributed by atoms with Gasteiger partial charge < -0.3 is 19.5 Å². The van der Waals surface area contributed by atoms with Gasteiger partial charge in [-0.25, -0.2) is 0 Å². The second-order valence-electron chi connectivity index (χ2n) is 4.74. The highest BCUT2D eigenvalue weighted by molar-refractivity contribution is 5.40. The fourth-order valence-corrected chi connectivity index (χ4v) is 1.52. The van der Waals surface area contributed by atoms with Crippen molar-refractivity contribution in [3.63, 3.8) is 0 Å². The first-order valence-corrected chi connectivity index (χ1v) is 6.49. The SMILES string of the molecule is COc1ccc(CNC(C)C)c(OCOCC(F)(F)F)c1. The molecular formula is C14H20F3NO3. The van der Waals surface area contributed by atoms with Crippen molar-refractivity contribution in [1.82, 2.24) is 5.32 Å². The molecule has 7 heteroatoms. The van der Waals surface area contributed by atoms with Crippen LogP contribution in [0.5, 0.6) is 11.5 Å². The fourth-order valence-electron chi connectivity index (χ4n) is 1.52. The van der Waals surface area contributed by atoms with Gasteiger partial charge in [-0.15, -0.1) is 0 Å². The predicted octanol–water partition coefficient (Wildman–Crippen LogP) is 3.11. The summed E-state index contributed by atoms with van der Waals surface area (Å²) in [5.41, 5.74) is 0.820. The zero-order valence-corrected chi connectivity index (χ0v) is 12.3. The number of alkyl halides is 3. The van der Waals surface area contributed by atoms with Gasteiger partial charge in [0, 0.05) is 24.2 Å². The third-order valence-electron chi connectivity index (χ3n) is 2.54. The average Bonchev–Trinajstić information content (AvgIpc) is 2.40. The van der Waals surface area contributed by atoms with E-state index < -0.39 is 19.6 Å². The molecule has 0 bridgehead atoms. The summed E-state index contributed by atoms with van der Waals surface area (Å²) in [7, 11) is 1.51. The van der Waals surface area contributed by atoms with E-state index in [0.717, 1.165) is 5.56 Å². The number of rotatable bonds is 8. The van der Waals surface area contributed by atoms with Crippen LogP contribution in [-0.2, 0) is 11.3 Å². The Bertz CT molecular complexity index is 436. The van der Waals surface area contributed by atoms with Crippen molar-refractivity contribution in [3.05, 3.63) is 23.8 Å². The van der Waals surface area contributed by atoms with Crippen LogP contribution in [0.4, 0.5) is 13.2 Å². The van der Waals surface area contributed by atoms with E-state index in [1.54, 1.807) is 18.2 Å². The quantitative estimate of drug-likeness (QED) is 0.592. The lowest BCUT2D eigenvalue weighted by atomic mass is 10.2. The van der Waals surface area contributed by atoms with Crippen molar-refractivity contribution in [3.8, 4) is 11.5 Å². The average molecular weight is 307 g/mol. The van der Waals surface area contributed by atoms with Gasteiger partial charge in [-0.05, 0) is 6.07 Å². The predicted molar refractivity (Wildman–Crippen MR) is 72.5 cm³/mol. The topological polar surface area (TPSA) is 39.7 Å². The van der Waals surface area contributed by atoms with E-state index in [2.05, 4.69) is 10.1 Å². The van der Waals surface area contributed by atoms with Crippen molar-refractivity contribution in [1.29, 1.82) is 0 Å². The first kappa shape index (κ1) is 17.6. The van der Waals surface area contributed by atoms with E-state index in [1.807, 2.05) is 13.8 Å². The van der Waals surface area contributed by atoms with Gasteiger partial charge in [-0.3, -0.25) is 0 Å². The second-order valence-corrected chi connectivity index (χ2v) is 4.74. The molecule has 0 aromatic heterocycles. The van der Waals surface area contributed by atoms with Crippen LogP contribution in [0.2, 0.25) is 0 Å². The maximum Gasteiger partial charge on any atom is 0.411 e. The Balaban J connectivity index is 2.63. The number of benzene rings is 1.